The third kappa shape index (κ3) is 3.40. The Morgan fingerprint density at radius 1 is 0.739 bits per heavy atom. The van der Waals surface area contributed by atoms with E-state index in [1.807, 2.05) is 18.2 Å². The molecule has 1 nitrogen and oxygen atoms in total. The Labute approximate surface area is 137 Å². The molecule has 0 bridgehead atoms. The van der Waals surface area contributed by atoms with Crippen LogP contribution in [0.3, 0.4) is 0 Å². The van der Waals surface area contributed by atoms with Crippen LogP contribution >= 0.6 is 0 Å². The van der Waals surface area contributed by atoms with Crippen molar-refractivity contribution >= 4 is 5.78 Å². The Balaban J connectivity index is 2.10. The average Bonchev–Trinajstić information content (AvgIpc) is 2.57. The highest BCUT2D eigenvalue weighted by Crippen LogP contribution is 2.32. The normalized spacial score (nSPS) is 11.9. The Bertz CT molecular complexity index is 801. The Hall–Kier alpha value is -2.67. The van der Waals surface area contributed by atoms with Crippen LogP contribution in [-0.2, 0) is 0 Å². The minimum Gasteiger partial charge on any atom is -0.295 e. The molecule has 0 aliphatic carbocycles. The highest BCUT2D eigenvalue weighted by molar-refractivity contribution is 5.94. The van der Waals surface area contributed by atoms with Gasteiger partial charge in [-0.15, -0.1) is 0 Å². The lowest BCUT2D eigenvalue weighted by atomic mass is 9.84. The number of hydrogen-bond donors (Lipinski definition) is 0. The van der Waals surface area contributed by atoms with Gasteiger partial charge >= 0.3 is 0 Å². The van der Waals surface area contributed by atoms with Crippen LogP contribution in [0.15, 0.2) is 78.9 Å². The first-order chi connectivity index (χ1) is 11.1. The number of hydrogen-bond acceptors (Lipinski definition) is 1. The minimum atomic E-state index is 0.100. The van der Waals surface area contributed by atoms with E-state index in [0.717, 1.165) is 5.56 Å². The number of rotatable bonds is 4. The van der Waals surface area contributed by atoms with E-state index in [1.165, 1.54) is 22.3 Å². The summed E-state index contributed by atoms with van der Waals surface area (Å²) in [4.78, 5) is 11.5. The summed E-state index contributed by atoms with van der Waals surface area (Å²) in [6.07, 6.45) is 0. The maximum atomic E-state index is 11.5. The third-order valence-electron chi connectivity index (χ3n) is 4.16. The van der Waals surface area contributed by atoms with Gasteiger partial charge < -0.3 is 0 Å². The average molecular weight is 300 g/mol. The predicted octanol–water partition coefficient (Wildman–Crippen LogP) is 5.38. The Morgan fingerprint density at radius 2 is 1.35 bits per heavy atom. The van der Waals surface area contributed by atoms with Crippen molar-refractivity contribution in [3.63, 3.8) is 0 Å². The van der Waals surface area contributed by atoms with Crippen molar-refractivity contribution in [1.29, 1.82) is 0 Å². The number of benzene rings is 3. The Morgan fingerprint density at radius 3 is 1.96 bits per heavy atom. The van der Waals surface area contributed by atoms with Gasteiger partial charge in [-0.25, -0.2) is 0 Å². The van der Waals surface area contributed by atoms with Gasteiger partial charge in [0.05, 0.1) is 0 Å². The van der Waals surface area contributed by atoms with Gasteiger partial charge in [0.15, 0.2) is 5.78 Å². The van der Waals surface area contributed by atoms with E-state index in [2.05, 4.69) is 67.6 Å². The van der Waals surface area contributed by atoms with Gasteiger partial charge in [0, 0.05) is 11.5 Å². The molecule has 0 aromatic heterocycles. The van der Waals surface area contributed by atoms with E-state index in [0.29, 0.717) is 0 Å². The number of Topliss-reactive ketones (excluding diaryl/α,β-unsaturated/α-hetero) is 1. The summed E-state index contributed by atoms with van der Waals surface area (Å²) >= 11 is 0. The second-order valence-electron chi connectivity index (χ2n) is 5.94. The fourth-order valence-corrected chi connectivity index (χ4v) is 2.98. The van der Waals surface area contributed by atoms with Crippen molar-refractivity contribution in [2.24, 2.45) is 0 Å². The molecule has 1 unspecified atom stereocenters. The highest BCUT2D eigenvalue weighted by atomic mass is 16.1. The lowest BCUT2D eigenvalue weighted by Gasteiger charge is -2.19. The van der Waals surface area contributed by atoms with Crippen LogP contribution in [0.4, 0.5) is 0 Å². The van der Waals surface area contributed by atoms with Crippen molar-refractivity contribution in [3.05, 3.63) is 107 Å². The zero-order valence-corrected chi connectivity index (χ0v) is 13.5. The zero-order valence-electron chi connectivity index (χ0n) is 13.5. The molecule has 3 rings (SSSR count). The molecule has 0 aliphatic heterocycles. The van der Waals surface area contributed by atoms with E-state index in [4.69, 9.17) is 0 Å². The summed E-state index contributed by atoms with van der Waals surface area (Å²) in [5.41, 5.74) is 5.74. The molecule has 0 radical (unpaired) electrons. The number of carbonyl (C=O) groups excluding carboxylic acids is 1. The van der Waals surface area contributed by atoms with E-state index in [-0.39, 0.29) is 11.7 Å². The lowest BCUT2D eigenvalue weighted by Crippen LogP contribution is -2.04. The summed E-state index contributed by atoms with van der Waals surface area (Å²) in [6, 6.07) is 27.1. The highest BCUT2D eigenvalue weighted by Gasteiger charge is 2.16. The molecule has 3 aromatic carbocycles. The first-order valence-corrected chi connectivity index (χ1v) is 7.87. The van der Waals surface area contributed by atoms with E-state index in [9.17, 15) is 4.79 Å². The molecule has 1 atom stereocenters. The van der Waals surface area contributed by atoms with Gasteiger partial charge in [-0.1, -0.05) is 84.4 Å². The van der Waals surface area contributed by atoms with Gasteiger partial charge in [0.2, 0.25) is 0 Å². The summed E-state index contributed by atoms with van der Waals surface area (Å²) in [5, 5.41) is 0. The van der Waals surface area contributed by atoms with Gasteiger partial charge in [0.1, 0.15) is 0 Å². The third-order valence-corrected chi connectivity index (χ3v) is 4.16. The van der Waals surface area contributed by atoms with Crippen molar-refractivity contribution < 1.29 is 4.79 Å². The van der Waals surface area contributed by atoms with Crippen molar-refractivity contribution in [2.75, 3.05) is 0 Å². The van der Waals surface area contributed by atoms with Crippen LogP contribution < -0.4 is 0 Å². The molecule has 23 heavy (non-hydrogen) atoms. The topological polar surface area (TPSA) is 17.1 Å². The molecular weight excluding hydrogens is 280 g/mol. The second kappa shape index (κ2) is 6.62. The second-order valence-corrected chi connectivity index (χ2v) is 5.94. The van der Waals surface area contributed by atoms with Crippen LogP contribution in [0.2, 0.25) is 0 Å². The molecule has 0 amide bonds. The van der Waals surface area contributed by atoms with Crippen molar-refractivity contribution in [2.45, 2.75) is 19.8 Å². The van der Waals surface area contributed by atoms with Crippen LogP contribution in [0.25, 0.3) is 0 Å². The molecular formula is C22H20O. The van der Waals surface area contributed by atoms with Crippen LogP contribution in [0, 0.1) is 6.92 Å². The van der Waals surface area contributed by atoms with Crippen LogP contribution in [-0.4, -0.2) is 5.78 Å². The largest absolute Gasteiger partial charge is 0.295 e. The maximum absolute atomic E-state index is 11.5. The smallest absolute Gasteiger partial charge is 0.159 e. The van der Waals surface area contributed by atoms with Gasteiger partial charge in [-0.3, -0.25) is 4.79 Å². The SMILES string of the molecule is CC(=O)c1ccc(C(c2ccccc2)c2cccc(C)c2)cc1. The van der Waals surface area contributed by atoms with E-state index in [1.54, 1.807) is 6.92 Å². The summed E-state index contributed by atoms with van der Waals surface area (Å²) in [5.74, 6) is 0.278. The monoisotopic (exact) mass is 300 g/mol. The minimum absolute atomic E-state index is 0.100. The van der Waals surface area contributed by atoms with Crippen LogP contribution in [0.5, 0.6) is 0 Å². The van der Waals surface area contributed by atoms with E-state index >= 15 is 0 Å². The fraction of sp³-hybridized carbons (Fsp3) is 0.136. The van der Waals surface area contributed by atoms with Crippen molar-refractivity contribution in [3.8, 4) is 0 Å². The molecule has 0 spiro atoms. The number of aryl methyl sites for hydroxylation is 1. The molecule has 114 valence electrons. The van der Waals surface area contributed by atoms with Gasteiger partial charge in [0.25, 0.3) is 0 Å². The summed E-state index contributed by atoms with van der Waals surface area (Å²) < 4.78 is 0. The summed E-state index contributed by atoms with van der Waals surface area (Å²) in [7, 11) is 0. The van der Waals surface area contributed by atoms with E-state index < -0.39 is 0 Å². The molecule has 0 saturated carbocycles. The van der Waals surface area contributed by atoms with Crippen LogP contribution in [0.1, 0.15) is 45.5 Å². The first-order valence-electron chi connectivity index (χ1n) is 7.87. The lowest BCUT2D eigenvalue weighted by molar-refractivity contribution is 0.101. The fourth-order valence-electron chi connectivity index (χ4n) is 2.98. The first kappa shape index (κ1) is 15.2. The predicted molar refractivity (Wildman–Crippen MR) is 95.0 cm³/mol. The quantitative estimate of drug-likeness (QED) is 0.467. The Kier molecular flexibility index (Phi) is 4.38. The molecule has 0 N–H and O–H groups in total. The zero-order chi connectivity index (χ0) is 16.2. The molecule has 0 fully saturated rings. The molecule has 0 heterocycles. The van der Waals surface area contributed by atoms with Crippen molar-refractivity contribution in [1.82, 2.24) is 0 Å². The molecule has 0 aliphatic rings. The molecule has 0 saturated heterocycles. The maximum Gasteiger partial charge on any atom is 0.159 e. The standard InChI is InChI=1S/C22H20O/c1-16-7-6-10-21(15-16)22(19-8-4-3-5-9-19)20-13-11-18(12-14-20)17(2)23/h3-15,22H,1-2H3. The number of ketones is 1. The molecule has 3 aromatic rings. The van der Waals surface area contributed by atoms with Gasteiger partial charge in [-0.05, 0) is 30.5 Å². The van der Waals surface area contributed by atoms with Gasteiger partial charge in [-0.2, -0.15) is 0 Å². The number of carbonyl (C=O) groups is 1. The summed E-state index contributed by atoms with van der Waals surface area (Å²) in [6.45, 7) is 3.72. The molecule has 1 heteroatoms.